The Morgan fingerprint density at radius 1 is 0.629 bits per heavy atom. The SMILES string of the molecule is C[N+](C)(CCCN1CC2=C(C1=O)[C@@H](c1ccc(C#N)cc1)NC(=O)N2c1cccc(Cl)c1)CCCN1CC2=C(C1=O)[C@@H](c1ccc(C#N)cc1)NC(=O)N2c1cccc(Cl)c1.I. The number of nitriles is 2. The molecule has 0 radical (unpaired) electrons. The first-order valence-corrected chi connectivity index (χ1v) is 20.7. The van der Waals surface area contributed by atoms with E-state index >= 15 is 0 Å². The van der Waals surface area contributed by atoms with E-state index in [1.165, 1.54) is 9.80 Å². The van der Waals surface area contributed by atoms with Gasteiger partial charge in [-0.05, 0) is 71.8 Å². The molecule has 4 heterocycles. The highest BCUT2D eigenvalue weighted by Crippen LogP contribution is 2.41. The minimum Gasteiger partial charge on any atom is -0.333 e. The zero-order valence-corrected chi connectivity index (χ0v) is 37.8. The summed E-state index contributed by atoms with van der Waals surface area (Å²) in [5.41, 5.74) is 5.63. The van der Waals surface area contributed by atoms with Crippen molar-refractivity contribution >= 4 is 82.4 Å². The lowest BCUT2D eigenvalue weighted by Crippen LogP contribution is -2.47. The van der Waals surface area contributed by atoms with E-state index in [2.05, 4.69) is 36.9 Å². The van der Waals surface area contributed by atoms with E-state index in [-0.39, 0.29) is 60.9 Å². The Bertz CT molecular complexity index is 2420. The number of anilines is 2. The van der Waals surface area contributed by atoms with Crippen LogP contribution in [0.1, 0.15) is 47.2 Å². The molecule has 4 aromatic rings. The Morgan fingerprint density at radius 2 is 1.02 bits per heavy atom. The van der Waals surface area contributed by atoms with E-state index in [1.807, 2.05) is 0 Å². The quantitative estimate of drug-likeness (QED) is 0.110. The number of halogens is 3. The Kier molecular flexibility index (Phi) is 13.0. The fourth-order valence-electron chi connectivity index (χ4n) is 8.62. The molecular formula is C46H43Cl2IN9O4+. The minimum atomic E-state index is -0.685. The van der Waals surface area contributed by atoms with Crippen molar-refractivity contribution in [2.75, 3.05) is 63.2 Å². The van der Waals surface area contributed by atoms with Gasteiger partial charge in [0, 0.05) is 36.0 Å². The number of hydrogen-bond acceptors (Lipinski definition) is 6. The monoisotopic (exact) mass is 982 g/mol. The van der Waals surface area contributed by atoms with Gasteiger partial charge in [0.25, 0.3) is 11.8 Å². The number of quaternary nitrogens is 1. The van der Waals surface area contributed by atoms with Crippen molar-refractivity contribution in [3.63, 3.8) is 0 Å². The van der Waals surface area contributed by atoms with Gasteiger partial charge in [-0.1, -0.05) is 59.6 Å². The number of benzene rings is 4. The molecule has 316 valence electrons. The van der Waals surface area contributed by atoms with Crippen LogP contribution in [0.15, 0.2) is 120 Å². The first-order chi connectivity index (χ1) is 29.3. The molecule has 0 aliphatic carbocycles. The van der Waals surface area contributed by atoms with Crippen LogP contribution < -0.4 is 20.4 Å². The molecule has 2 N–H and O–H groups in total. The van der Waals surface area contributed by atoms with Gasteiger partial charge in [-0.2, -0.15) is 10.5 Å². The van der Waals surface area contributed by atoms with Crippen molar-refractivity contribution in [3.05, 3.63) is 152 Å². The molecule has 4 aliphatic rings. The van der Waals surface area contributed by atoms with Crippen LogP contribution in [-0.2, 0) is 9.59 Å². The molecule has 0 saturated heterocycles. The second kappa shape index (κ2) is 18.2. The van der Waals surface area contributed by atoms with Crippen LogP contribution in [0.2, 0.25) is 10.0 Å². The lowest BCUT2D eigenvalue weighted by atomic mass is 9.94. The van der Waals surface area contributed by atoms with Crippen LogP contribution in [0.5, 0.6) is 0 Å². The summed E-state index contributed by atoms with van der Waals surface area (Å²) in [6, 6.07) is 29.8. The van der Waals surface area contributed by atoms with Gasteiger partial charge in [0.1, 0.15) is 0 Å². The molecule has 0 aromatic heterocycles. The van der Waals surface area contributed by atoms with E-state index in [4.69, 9.17) is 23.2 Å². The smallest absolute Gasteiger partial charge is 0.327 e. The van der Waals surface area contributed by atoms with Gasteiger partial charge in [-0.15, -0.1) is 24.0 Å². The van der Waals surface area contributed by atoms with Gasteiger partial charge >= 0.3 is 12.1 Å². The maximum absolute atomic E-state index is 14.2. The van der Waals surface area contributed by atoms with E-state index in [9.17, 15) is 29.7 Å². The molecule has 62 heavy (non-hydrogen) atoms. The fourth-order valence-corrected chi connectivity index (χ4v) is 8.99. The summed E-state index contributed by atoms with van der Waals surface area (Å²) >= 11 is 12.7. The van der Waals surface area contributed by atoms with Crippen LogP contribution in [0.3, 0.4) is 0 Å². The second-order valence-electron chi connectivity index (χ2n) is 16.1. The molecule has 0 saturated carbocycles. The maximum atomic E-state index is 14.2. The maximum Gasteiger partial charge on any atom is 0.327 e. The molecule has 6 amide bonds. The Balaban J connectivity index is 0.00000578. The standard InChI is InChI=1S/C46H41Cl2N9O4.HI/c1-57(2,21-5-19-53-27-37-39(43(53)58)41(31-15-11-29(25-49)12-16-31)51-45(60)55(37)35-9-3-7-33(47)23-35)22-6-20-54-28-38-40(44(54)59)42(32-17-13-30(26-50)14-18-32)52-46(61)56(38)36-10-4-8-34(48)24-36;/h3-4,7-18,23-24,41-42H,5-6,19-22,27-28H2,1-2H3,(H-,51,52,60,61);1H/p+1/t41-,42-;/m1./s1. The summed E-state index contributed by atoms with van der Waals surface area (Å²) in [6.07, 6.45) is 1.37. The third-order valence-electron chi connectivity index (χ3n) is 11.7. The zero-order valence-electron chi connectivity index (χ0n) is 34.0. The van der Waals surface area contributed by atoms with Crippen LogP contribution >= 0.6 is 47.2 Å². The van der Waals surface area contributed by atoms with E-state index < -0.39 is 12.1 Å². The normalized spacial score (nSPS) is 18.5. The molecule has 0 spiro atoms. The van der Waals surface area contributed by atoms with Crippen molar-refractivity contribution in [2.24, 2.45) is 0 Å². The number of hydrogen-bond donors (Lipinski definition) is 2. The number of carbonyl (C=O) groups excluding carboxylic acids is 4. The van der Waals surface area contributed by atoms with Gasteiger partial charge in [-0.25, -0.2) is 9.59 Å². The molecule has 13 nitrogen and oxygen atoms in total. The number of nitrogens with one attached hydrogen (secondary N) is 2. The van der Waals surface area contributed by atoms with Gasteiger partial charge in [0.05, 0.1) is 110 Å². The Morgan fingerprint density at radius 3 is 1.37 bits per heavy atom. The largest absolute Gasteiger partial charge is 0.333 e. The summed E-state index contributed by atoms with van der Waals surface area (Å²) in [7, 11) is 4.25. The van der Waals surface area contributed by atoms with Crippen molar-refractivity contribution < 1.29 is 23.7 Å². The molecule has 16 heteroatoms. The number of urea groups is 2. The average Bonchev–Trinajstić information content (AvgIpc) is 3.74. The van der Waals surface area contributed by atoms with Crippen molar-refractivity contribution in [1.29, 1.82) is 10.5 Å². The number of rotatable bonds is 12. The number of carbonyl (C=O) groups is 4. The topological polar surface area (TPSA) is 153 Å². The predicted octanol–water partition coefficient (Wildman–Crippen LogP) is 7.65. The summed E-state index contributed by atoms with van der Waals surface area (Å²) in [6.45, 7) is 2.90. The van der Waals surface area contributed by atoms with Crippen molar-refractivity contribution in [2.45, 2.75) is 24.9 Å². The van der Waals surface area contributed by atoms with Crippen LogP contribution in [-0.4, -0.2) is 91.5 Å². The highest BCUT2D eigenvalue weighted by atomic mass is 127. The van der Waals surface area contributed by atoms with Crippen LogP contribution in [0.4, 0.5) is 21.0 Å². The van der Waals surface area contributed by atoms with E-state index in [1.54, 1.807) is 107 Å². The Hall–Kier alpha value is -5.91. The van der Waals surface area contributed by atoms with Crippen molar-refractivity contribution in [3.8, 4) is 12.1 Å². The lowest BCUT2D eigenvalue weighted by molar-refractivity contribution is -0.890. The van der Waals surface area contributed by atoms with Gasteiger partial charge in [0.2, 0.25) is 0 Å². The molecule has 2 atom stereocenters. The summed E-state index contributed by atoms with van der Waals surface area (Å²) in [5.74, 6) is -0.324. The Labute approximate surface area is 387 Å². The molecule has 4 aliphatic heterocycles. The van der Waals surface area contributed by atoms with Crippen LogP contribution in [0, 0.1) is 22.7 Å². The zero-order chi connectivity index (χ0) is 43.0. The number of amides is 6. The lowest BCUT2D eigenvalue weighted by Gasteiger charge is -2.33. The fraction of sp³-hybridized carbons (Fsp3) is 0.261. The third-order valence-corrected chi connectivity index (χ3v) is 12.1. The summed E-state index contributed by atoms with van der Waals surface area (Å²) in [5, 5.41) is 25.7. The average molecular weight is 984 g/mol. The highest BCUT2D eigenvalue weighted by molar-refractivity contribution is 14.0. The van der Waals surface area contributed by atoms with Gasteiger partial charge in [-0.3, -0.25) is 19.4 Å². The molecule has 8 rings (SSSR count). The van der Waals surface area contributed by atoms with E-state index in [0.29, 0.717) is 96.6 Å². The highest BCUT2D eigenvalue weighted by Gasteiger charge is 2.46. The summed E-state index contributed by atoms with van der Waals surface area (Å²) in [4.78, 5) is 62.5. The number of nitrogens with zero attached hydrogens (tertiary/aromatic N) is 7. The first kappa shape index (κ1) is 44.2. The molecule has 0 fully saturated rings. The van der Waals surface area contributed by atoms with Crippen molar-refractivity contribution in [1.82, 2.24) is 20.4 Å². The molecule has 4 aromatic carbocycles. The molecule has 0 unspecified atom stereocenters. The van der Waals surface area contributed by atoms with E-state index in [0.717, 1.165) is 13.1 Å². The van der Waals surface area contributed by atoms with Crippen LogP contribution in [0.25, 0.3) is 0 Å². The first-order valence-electron chi connectivity index (χ1n) is 19.9. The molecular weight excluding hydrogens is 940 g/mol. The predicted molar refractivity (Wildman–Crippen MR) is 246 cm³/mol. The third kappa shape index (κ3) is 8.74. The van der Waals surface area contributed by atoms with Gasteiger partial charge < -0.3 is 24.9 Å². The summed E-state index contributed by atoms with van der Waals surface area (Å²) < 4.78 is 0.634. The van der Waals surface area contributed by atoms with Gasteiger partial charge in [0.15, 0.2) is 0 Å². The second-order valence-corrected chi connectivity index (χ2v) is 17.0. The minimum absolute atomic E-state index is 0. The molecule has 0 bridgehead atoms.